The molecule has 0 aliphatic heterocycles. The third kappa shape index (κ3) is 5.19. The van der Waals surface area contributed by atoms with Crippen molar-refractivity contribution in [2.45, 2.75) is 13.3 Å². The fourth-order valence-corrected chi connectivity index (χ4v) is 2.13. The van der Waals surface area contributed by atoms with E-state index >= 15 is 0 Å². The summed E-state index contributed by atoms with van der Waals surface area (Å²) in [4.78, 5) is 22.7. The van der Waals surface area contributed by atoms with Crippen LogP contribution in [0.15, 0.2) is 48.5 Å². The average molecular weight is 328 g/mol. The van der Waals surface area contributed by atoms with Gasteiger partial charge in [0.05, 0.1) is 6.42 Å². The number of aryl methyl sites for hydroxylation is 1. The zero-order valence-electron chi connectivity index (χ0n) is 12.5. The maximum absolute atomic E-state index is 12.0. The second-order valence-corrected chi connectivity index (χ2v) is 5.45. The van der Waals surface area contributed by atoms with E-state index in [0.717, 1.165) is 5.56 Å². The lowest BCUT2D eigenvalue weighted by Gasteiger charge is -2.10. The van der Waals surface area contributed by atoms with E-state index in [1.54, 1.807) is 36.4 Å². The van der Waals surface area contributed by atoms with Gasteiger partial charge in [0.1, 0.15) is 0 Å². The molecular weight excluding hydrogens is 312 g/mol. The highest BCUT2D eigenvalue weighted by atomic mass is 32.1. The van der Waals surface area contributed by atoms with Crippen LogP contribution in [-0.4, -0.2) is 22.1 Å². The largest absolute Gasteiger partial charge is 0.481 e. The number of carbonyl (C=O) groups is 2. The summed E-state index contributed by atoms with van der Waals surface area (Å²) >= 11 is 5.10. The fraction of sp³-hybridized carbons (Fsp3) is 0.118. The van der Waals surface area contributed by atoms with Crippen LogP contribution in [0.5, 0.6) is 0 Å². The first-order valence-corrected chi connectivity index (χ1v) is 7.34. The van der Waals surface area contributed by atoms with Crippen molar-refractivity contribution in [2.75, 3.05) is 5.32 Å². The molecule has 0 unspecified atom stereocenters. The van der Waals surface area contributed by atoms with E-state index in [2.05, 4.69) is 10.6 Å². The number of hydrogen-bond donors (Lipinski definition) is 3. The molecule has 6 heteroatoms. The molecule has 0 radical (unpaired) electrons. The van der Waals surface area contributed by atoms with E-state index in [-0.39, 0.29) is 17.4 Å². The highest BCUT2D eigenvalue weighted by Crippen LogP contribution is 2.10. The van der Waals surface area contributed by atoms with Crippen LogP contribution in [0.3, 0.4) is 0 Å². The van der Waals surface area contributed by atoms with Crippen LogP contribution < -0.4 is 10.6 Å². The second-order valence-electron chi connectivity index (χ2n) is 5.04. The summed E-state index contributed by atoms with van der Waals surface area (Å²) in [5, 5.41) is 14.4. The maximum Gasteiger partial charge on any atom is 0.307 e. The Labute approximate surface area is 139 Å². The number of anilines is 1. The Kier molecular flexibility index (Phi) is 5.43. The number of thiocarbonyl (C=S) groups is 1. The fourth-order valence-electron chi connectivity index (χ4n) is 1.92. The molecule has 1 amide bonds. The van der Waals surface area contributed by atoms with Crippen molar-refractivity contribution >= 4 is 34.9 Å². The topological polar surface area (TPSA) is 78.4 Å². The third-order valence-corrected chi connectivity index (χ3v) is 3.31. The van der Waals surface area contributed by atoms with E-state index in [9.17, 15) is 9.59 Å². The van der Waals surface area contributed by atoms with Gasteiger partial charge in [0, 0.05) is 11.3 Å². The molecule has 118 valence electrons. The van der Waals surface area contributed by atoms with Crippen molar-refractivity contribution in [3.8, 4) is 0 Å². The molecule has 0 fully saturated rings. The zero-order chi connectivity index (χ0) is 16.8. The molecule has 5 nitrogen and oxygen atoms in total. The van der Waals surface area contributed by atoms with Gasteiger partial charge in [-0.25, -0.2) is 0 Å². The van der Waals surface area contributed by atoms with E-state index in [0.29, 0.717) is 16.8 Å². The summed E-state index contributed by atoms with van der Waals surface area (Å²) in [6.45, 7) is 1.95. The normalized spacial score (nSPS) is 9.96. The van der Waals surface area contributed by atoms with Crippen LogP contribution in [0.4, 0.5) is 5.69 Å². The molecule has 0 atom stereocenters. The van der Waals surface area contributed by atoms with Gasteiger partial charge in [-0.1, -0.05) is 29.8 Å². The molecule has 0 aromatic heterocycles. The van der Waals surface area contributed by atoms with Crippen LogP contribution >= 0.6 is 12.2 Å². The maximum atomic E-state index is 12.0. The van der Waals surface area contributed by atoms with Crippen LogP contribution in [0.1, 0.15) is 21.5 Å². The lowest BCUT2D eigenvalue weighted by atomic mass is 10.1. The predicted molar refractivity (Wildman–Crippen MR) is 92.6 cm³/mol. The number of nitrogens with one attached hydrogen (secondary N) is 2. The minimum Gasteiger partial charge on any atom is -0.481 e. The zero-order valence-corrected chi connectivity index (χ0v) is 13.3. The second kappa shape index (κ2) is 7.51. The number of carboxylic acids is 1. The lowest BCUT2D eigenvalue weighted by molar-refractivity contribution is -0.136. The van der Waals surface area contributed by atoms with Gasteiger partial charge in [0.25, 0.3) is 5.91 Å². The number of carboxylic acid groups (broad SMARTS) is 1. The van der Waals surface area contributed by atoms with Gasteiger partial charge < -0.3 is 10.4 Å². The van der Waals surface area contributed by atoms with Crippen molar-refractivity contribution in [1.82, 2.24) is 5.32 Å². The highest BCUT2D eigenvalue weighted by Gasteiger charge is 2.08. The van der Waals surface area contributed by atoms with Gasteiger partial charge in [-0.15, -0.1) is 0 Å². The SMILES string of the molecule is Cc1ccc(C(=O)NC(=S)Nc2ccc(CC(=O)O)cc2)cc1. The molecular formula is C17H16N2O3S. The molecule has 2 aromatic rings. The summed E-state index contributed by atoms with van der Waals surface area (Å²) in [6, 6.07) is 14.0. The number of carbonyl (C=O) groups excluding carboxylic acids is 1. The minimum atomic E-state index is -0.883. The first-order valence-electron chi connectivity index (χ1n) is 6.94. The summed E-state index contributed by atoms with van der Waals surface area (Å²) in [6.07, 6.45) is -0.0329. The Morgan fingerprint density at radius 1 is 1.04 bits per heavy atom. The number of amides is 1. The number of hydrogen-bond acceptors (Lipinski definition) is 3. The van der Waals surface area contributed by atoms with Crippen LogP contribution in [-0.2, 0) is 11.2 Å². The number of aliphatic carboxylic acids is 1. The van der Waals surface area contributed by atoms with Crippen LogP contribution in [0.2, 0.25) is 0 Å². The molecule has 0 aliphatic rings. The number of rotatable bonds is 4. The minimum absolute atomic E-state index is 0.0329. The first kappa shape index (κ1) is 16.6. The van der Waals surface area contributed by atoms with Crippen molar-refractivity contribution in [3.05, 3.63) is 65.2 Å². The monoisotopic (exact) mass is 328 g/mol. The summed E-state index contributed by atoms with van der Waals surface area (Å²) in [5.41, 5.74) is 2.96. The molecule has 0 bridgehead atoms. The van der Waals surface area contributed by atoms with E-state index in [1.807, 2.05) is 19.1 Å². The average Bonchev–Trinajstić information content (AvgIpc) is 2.49. The number of benzene rings is 2. The Balaban J connectivity index is 1.92. The van der Waals surface area contributed by atoms with E-state index < -0.39 is 5.97 Å². The van der Waals surface area contributed by atoms with Gasteiger partial charge in [0.15, 0.2) is 5.11 Å². The summed E-state index contributed by atoms with van der Waals surface area (Å²) in [7, 11) is 0. The van der Waals surface area contributed by atoms with Crippen LogP contribution in [0.25, 0.3) is 0 Å². The Morgan fingerprint density at radius 3 is 2.22 bits per heavy atom. The molecule has 0 heterocycles. The summed E-state index contributed by atoms with van der Waals surface area (Å²) in [5.74, 6) is -1.17. The lowest BCUT2D eigenvalue weighted by Crippen LogP contribution is -2.34. The quantitative estimate of drug-likeness (QED) is 0.752. The Hall–Kier alpha value is -2.73. The van der Waals surface area contributed by atoms with Crippen LogP contribution in [0, 0.1) is 6.92 Å². The van der Waals surface area contributed by atoms with Gasteiger partial charge in [-0.05, 0) is 49.0 Å². The molecule has 2 rings (SSSR count). The van der Waals surface area contributed by atoms with Crippen molar-refractivity contribution in [3.63, 3.8) is 0 Å². The van der Waals surface area contributed by atoms with Crippen molar-refractivity contribution in [1.29, 1.82) is 0 Å². The van der Waals surface area contributed by atoms with Gasteiger partial charge in [-0.2, -0.15) is 0 Å². The molecule has 0 saturated carbocycles. The van der Waals surface area contributed by atoms with Gasteiger partial charge in [0.2, 0.25) is 0 Å². The van der Waals surface area contributed by atoms with Crippen molar-refractivity contribution in [2.24, 2.45) is 0 Å². The Bertz CT molecular complexity index is 725. The van der Waals surface area contributed by atoms with Gasteiger partial charge in [-0.3, -0.25) is 14.9 Å². The Morgan fingerprint density at radius 2 is 1.65 bits per heavy atom. The first-order chi connectivity index (χ1) is 10.9. The molecule has 0 aliphatic carbocycles. The highest BCUT2D eigenvalue weighted by molar-refractivity contribution is 7.80. The molecule has 23 heavy (non-hydrogen) atoms. The molecule has 2 aromatic carbocycles. The molecule has 0 spiro atoms. The standard InChI is InChI=1S/C17H16N2O3S/c1-11-2-6-13(7-3-11)16(22)19-17(23)18-14-8-4-12(5-9-14)10-15(20)21/h2-9H,10H2,1H3,(H,20,21)(H2,18,19,22,23). The van der Waals surface area contributed by atoms with E-state index in [1.165, 1.54) is 0 Å². The third-order valence-electron chi connectivity index (χ3n) is 3.11. The molecule has 3 N–H and O–H groups in total. The smallest absolute Gasteiger partial charge is 0.307 e. The summed E-state index contributed by atoms with van der Waals surface area (Å²) < 4.78 is 0. The van der Waals surface area contributed by atoms with Crippen molar-refractivity contribution < 1.29 is 14.7 Å². The van der Waals surface area contributed by atoms with Gasteiger partial charge >= 0.3 is 5.97 Å². The van der Waals surface area contributed by atoms with E-state index in [4.69, 9.17) is 17.3 Å². The molecule has 0 saturated heterocycles. The predicted octanol–water partition coefficient (Wildman–Crippen LogP) is 2.75.